The van der Waals surface area contributed by atoms with Gasteiger partial charge in [0.1, 0.15) is 0 Å². The molecule has 24 heavy (non-hydrogen) atoms. The number of carbonyl (C=O) groups excluding carboxylic acids is 3. The molecular formula is C17H24N2O4S. The Bertz CT molecular complexity index is 624. The van der Waals surface area contributed by atoms with Gasteiger partial charge in [0, 0.05) is 10.4 Å². The molecule has 0 unspecified atom stereocenters. The Balaban J connectivity index is 2.34. The number of hydrogen-bond acceptors (Lipinski definition) is 5. The molecular weight excluding hydrogens is 328 g/mol. The summed E-state index contributed by atoms with van der Waals surface area (Å²) in [5.74, 6) is -1.07. The minimum atomic E-state index is -0.665. The van der Waals surface area contributed by atoms with Crippen LogP contribution in [0.3, 0.4) is 0 Å². The van der Waals surface area contributed by atoms with E-state index in [9.17, 15) is 14.4 Å². The fourth-order valence-electron chi connectivity index (χ4n) is 1.72. The topological polar surface area (TPSA) is 84.5 Å². The molecule has 1 rings (SSSR count). The minimum Gasteiger partial charge on any atom is -0.455 e. The first-order valence-electron chi connectivity index (χ1n) is 7.54. The van der Waals surface area contributed by atoms with Crippen LogP contribution in [-0.2, 0) is 14.3 Å². The third-order valence-corrected chi connectivity index (χ3v) is 3.93. The number of aryl methyl sites for hydroxylation is 2. The maximum Gasteiger partial charge on any atom is 0.321 e. The second kappa shape index (κ2) is 8.73. The van der Waals surface area contributed by atoms with Crippen LogP contribution in [0.2, 0.25) is 0 Å². The molecule has 0 aliphatic heterocycles. The van der Waals surface area contributed by atoms with Gasteiger partial charge in [-0.25, -0.2) is 4.79 Å². The molecule has 1 aromatic carbocycles. The Morgan fingerprint density at radius 3 is 2.46 bits per heavy atom. The highest BCUT2D eigenvalue weighted by Crippen LogP contribution is 2.23. The van der Waals surface area contributed by atoms with E-state index in [0.717, 1.165) is 16.0 Å². The van der Waals surface area contributed by atoms with Crippen molar-refractivity contribution in [3.63, 3.8) is 0 Å². The molecule has 0 saturated heterocycles. The number of esters is 1. The highest BCUT2D eigenvalue weighted by Gasteiger charge is 2.16. The molecule has 1 aromatic rings. The summed E-state index contributed by atoms with van der Waals surface area (Å²) in [5, 5.41) is 4.69. The van der Waals surface area contributed by atoms with E-state index in [4.69, 9.17) is 4.74 Å². The van der Waals surface area contributed by atoms with E-state index in [2.05, 4.69) is 10.6 Å². The molecule has 2 N–H and O–H groups in total. The zero-order valence-corrected chi connectivity index (χ0v) is 15.5. The van der Waals surface area contributed by atoms with Crippen molar-refractivity contribution in [3.05, 3.63) is 29.3 Å². The Morgan fingerprint density at radius 1 is 1.17 bits per heavy atom. The van der Waals surface area contributed by atoms with E-state index in [1.165, 1.54) is 11.8 Å². The molecule has 0 aliphatic carbocycles. The summed E-state index contributed by atoms with van der Waals surface area (Å²) in [7, 11) is 0. The highest BCUT2D eigenvalue weighted by molar-refractivity contribution is 8.00. The Labute approximate surface area is 146 Å². The molecule has 6 nitrogen and oxygen atoms in total. The zero-order valence-electron chi connectivity index (χ0n) is 14.7. The smallest absolute Gasteiger partial charge is 0.321 e. The second-order valence-corrected chi connectivity index (χ2v) is 7.49. The van der Waals surface area contributed by atoms with Crippen LogP contribution in [0.15, 0.2) is 23.1 Å². The monoisotopic (exact) mass is 352 g/mol. The lowest BCUT2D eigenvalue weighted by molar-refractivity contribution is -0.145. The molecule has 0 bridgehead atoms. The number of carbonyl (C=O) groups is 3. The molecule has 0 heterocycles. The first-order chi connectivity index (χ1) is 11.1. The van der Waals surface area contributed by atoms with Gasteiger partial charge in [-0.15, -0.1) is 11.8 Å². The summed E-state index contributed by atoms with van der Waals surface area (Å²) in [6.45, 7) is 8.84. The molecule has 3 amide bonds. The SMILES string of the molecule is Cc1ccc(C)c(SCC(=O)OCC(=O)NC(=O)NC(C)(C)C)c1. The van der Waals surface area contributed by atoms with Crippen LogP contribution in [0.25, 0.3) is 0 Å². The predicted octanol–water partition coefficient (Wildman–Crippen LogP) is 2.56. The van der Waals surface area contributed by atoms with Crippen LogP contribution in [0, 0.1) is 13.8 Å². The van der Waals surface area contributed by atoms with Crippen molar-refractivity contribution in [2.45, 2.75) is 45.1 Å². The van der Waals surface area contributed by atoms with Crippen molar-refractivity contribution >= 4 is 29.7 Å². The fraction of sp³-hybridized carbons (Fsp3) is 0.471. The van der Waals surface area contributed by atoms with Crippen molar-refractivity contribution in [2.24, 2.45) is 0 Å². The van der Waals surface area contributed by atoms with E-state index in [-0.39, 0.29) is 5.75 Å². The lowest BCUT2D eigenvalue weighted by Gasteiger charge is -2.20. The molecule has 0 atom stereocenters. The van der Waals surface area contributed by atoms with E-state index < -0.39 is 30.1 Å². The van der Waals surface area contributed by atoms with E-state index in [1.807, 2.05) is 32.0 Å². The number of nitrogens with one attached hydrogen (secondary N) is 2. The number of thioether (sulfide) groups is 1. The van der Waals surface area contributed by atoms with Gasteiger partial charge in [-0.1, -0.05) is 17.7 Å². The lowest BCUT2D eigenvalue weighted by atomic mass is 10.1. The summed E-state index contributed by atoms with van der Waals surface area (Å²) in [4.78, 5) is 35.8. The Kier molecular flexibility index (Phi) is 7.28. The third-order valence-electron chi connectivity index (χ3n) is 2.79. The number of amides is 3. The van der Waals surface area contributed by atoms with Gasteiger partial charge in [0.15, 0.2) is 6.61 Å². The average molecular weight is 352 g/mol. The number of hydrogen-bond donors (Lipinski definition) is 2. The first kappa shape index (κ1) is 20.0. The summed E-state index contributed by atoms with van der Waals surface area (Å²) >= 11 is 1.36. The number of rotatable bonds is 5. The quantitative estimate of drug-likeness (QED) is 0.628. The maximum atomic E-state index is 11.7. The minimum absolute atomic E-state index is 0.103. The molecule has 0 radical (unpaired) electrons. The second-order valence-electron chi connectivity index (χ2n) is 6.47. The third kappa shape index (κ3) is 8.01. The molecule has 132 valence electrons. The first-order valence-corrected chi connectivity index (χ1v) is 8.53. The van der Waals surface area contributed by atoms with Gasteiger partial charge in [0.25, 0.3) is 5.91 Å². The van der Waals surface area contributed by atoms with Crippen LogP contribution in [0.4, 0.5) is 4.79 Å². The molecule has 0 aliphatic rings. The normalized spacial score (nSPS) is 10.9. The van der Waals surface area contributed by atoms with Crippen LogP contribution in [0.1, 0.15) is 31.9 Å². The fourth-order valence-corrected chi connectivity index (χ4v) is 2.64. The Morgan fingerprint density at radius 2 is 1.83 bits per heavy atom. The van der Waals surface area contributed by atoms with Gasteiger partial charge in [0.2, 0.25) is 0 Å². The van der Waals surface area contributed by atoms with Gasteiger partial charge in [0.05, 0.1) is 5.75 Å². The van der Waals surface area contributed by atoms with Crippen molar-refractivity contribution in [3.8, 4) is 0 Å². The van der Waals surface area contributed by atoms with E-state index in [0.29, 0.717) is 0 Å². The van der Waals surface area contributed by atoms with Crippen molar-refractivity contribution in [1.82, 2.24) is 10.6 Å². The van der Waals surface area contributed by atoms with E-state index >= 15 is 0 Å². The van der Waals surface area contributed by atoms with Gasteiger partial charge >= 0.3 is 12.0 Å². The molecule has 0 aromatic heterocycles. The van der Waals surface area contributed by atoms with Gasteiger partial charge in [-0.05, 0) is 46.2 Å². The Hall–Kier alpha value is -2.02. The summed E-state index contributed by atoms with van der Waals surface area (Å²) in [5.41, 5.74) is 1.74. The maximum absolute atomic E-state index is 11.7. The number of ether oxygens (including phenoxy) is 1. The summed E-state index contributed by atoms with van der Waals surface area (Å²) in [6.07, 6.45) is 0. The van der Waals surface area contributed by atoms with Gasteiger partial charge < -0.3 is 10.1 Å². The molecule has 7 heteroatoms. The number of urea groups is 1. The van der Waals surface area contributed by atoms with E-state index in [1.54, 1.807) is 20.8 Å². The van der Waals surface area contributed by atoms with Crippen LogP contribution >= 0.6 is 11.8 Å². The number of benzene rings is 1. The summed E-state index contributed by atoms with van der Waals surface area (Å²) < 4.78 is 4.87. The average Bonchev–Trinajstić information content (AvgIpc) is 2.44. The van der Waals surface area contributed by atoms with Crippen LogP contribution in [-0.4, -0.2) is 35.8 Å². The summed E-state index contributed by atoms with van der Waals surface area (Å²) in [6, 6.07) is 5.37. The van der Waals surface area contributed by atoms with Gasteiger partial charge in [-0.2, -0.15) is 0 Å². The van der Waals surface area contributed by atoms with Crippen molar-refractivity contribution in [2.75, 3.05) is 12.4 Å². The predicted molar refractivity (Wildman–Crippen MR) is 94.0 cm³/mol. The number of imide groups is 1. The van der Waals surface area contributed by atoms with Crippen molar-refractivity contribution in [1.29, 1.82) is 0 Å². The van der Waals surface area contributed by atoms with Crippen LogP contribution < -0.4 is 10.6 Å². The molecule has 0 fully saturated rings. The molecule has 0 spiro atoms. The van der Waals surface area contributed by atoms with Crippen molar-refractivity contribution < 1.29 is 19.1 Å². The molecule has 0 saturated carbocycles. The standard InChI is InChI=1S/C17H24N2O4S/c1-11-6-7-12(2)13(8-11)24-10-15(21)23-9-14(20)18-16(22)19-17(3,4)5/h6-8H,9-10H2,1-5H3,(H2,18,19,20,22). The zero-order chi connectivity index (χ0) is 18.3. The van der Waals surface area contributed by atoms with Gasteiger partial charge in [-0.3, -0.25) is 14.9 Å². The lowest BCUT2D eigenvalue weighted by Crippen LogP contribution is -2.49. The highest BCUT2D eigenvalue weighted by atomic mass is 32.2. The van der Waals surface area contributed by atoms with Crippen LogP contribution in [0.5, 0.6) is 0 Å². The largest absolute Gasteiger partial charge is 0.455 e.